The number of esters is 2. The van der Waals surface area contributed by atoms with E-state index in [1.54, 1.807) is 13.1 Å². The first-order valence-electron chi connectivity index (χ1n) is 6.25. The molecule has 0 aromatic heterocycles. The lowest BCUT2D eigenvalue weighted by atomic mass is 10.0. The minimum absolute atomic E-state index is 0.0220. The maximum Gasteiger partial charge on any atom is 0.348 e. The van der Waals surface area contributed by atoms with Crippen LogP contribution in [0.5, 0.6) is 0 Å². The van der Waals surface area contributed by atoms with Crippen molar-refractivity contribution in [3.8, 4) is 12.1 Å². The molecule has 2 N–H and O–H groups in total. The van der Waals surface area contributed by atoms with Gasteiger partial charge in [-0.15, -0.1) is 0 Å². The quantitative estimate of drug-likeness (QED) is 0.445. The molecule has 0 unspecified atom stereocenters. The molecule has 0 radical (unpaired) electrons. The number of likely N-dealkylation sites (N-methyl/N-ethyl adjacent to an activating group) is 1. The van der Waals surface area contributed by atoms with E-state index in [4.69, 9.17) is 11.0 Å². The molecule has 1 aliphatic rings. The van der Waals surface area contributed by atoms with E-state index in [9.17, 15) is 14.9 Å². The van der Waals surface area contributed by atoms with E-state index in [0.717, 1.165) is 7.11 Å². The van der Waals surface area contributed by atoms with Gasteiger partial charge in [0, 0.05) is 13.2 Å². The van der Waals surface area contributed by atoms with Crippen molar-refractivity contribution in [2.24, 2.45) is 5.73 Å². The van der Waals surface area contributed by atoms with Crippen molar-refractivity contribution in [1.82, 2.24) is 4.90 Å². The standard InChI is InChI=1S/C15H14N4O4/c1-19-8-11(15(21)23-3)13(18)10(7-17)12(19)5-4-9(6-16)14(20)22-2/h4-5,8H,18H2,1-3H3/b9-4+,12-5+. The minimum Gasteiger partial charge on any atom is -0.465 e. The van der Waals surface area contributed by atoms with Gasteiger partial charge in [-0.2, -0.15) is 10.5 Å². The van der Waals surface area contributed by atoms with E-state index < -0.39 is 11.9 Å². The van der Waals surface area contributed by atoms with Crippen LogP contribution in [-0.2, 0) is 19.1 Å². The summed E-state index contributed by atoms with van der Waals surface area (Å²) < 4.78 is 9.06. The minimum atomic E-state index is -0.802. The van der Waals surface area contributed by atoms with Gasteiger partial charge in [0.25, 0.3) is 0 Å². The topological polar surface area (TPSA) is 129 Å². The zero-order valence-electron chi connectivity index (χ0n) is 12.8. The largest absolute Gasteiger partial charge is 0.465 e. The highest BCUT2D eigenvalue weighted by Gasteiger charge is 2.26. The number of ether oxygens (including phenoxy) is 2. The number of nitriles is 2. The van der Waals surface area contributed by atoms with Crippen LogP contribution in [0.15, 0.2) is 46.5 Å². The molecular formula is C15H14N4O4. The van der Waals surface area contributed by atoms with Crippen molar-refractivity contribution < 1.29 is 19.1 Å². The molecule has 8 nitrogen and oxygen atoms in total. The Morgan fingerprint density at radius 1 is 1.30 bits per heavy atom. The summed E-state index contributed by atoms with van der Waals surface area (Å²) in [6, 6.07) is 3.59. The Balaban J connectivity index is 3.38. The third-order valence-corrected chi connectivity index (χ3v) is 2.97. The number of hydrogen-bond acceptors (Lipinski definition) is 8. The molecular weight excluding hydrogens is 300 g/mol. The van der Waals surface area contributed by atoms with E-state index in [2.05, 4.69) is 9.47 Å². The van der Waals surface area contributed by atoms with Crippen LogP contribution in [0.2, 0.25) is 0 Å². The lowest BCUT2D eigenvalue weighted by Gasteiger charge is -2.25. The van der Waals surface area contributed by atoms with Crippen molar-refractivity contribution in [1.29, 1.82) is 10.5 Å². The monoisotopic (exact) mass is 314 g/mol. The first-order valence-corrected chi connectivity index (χ1v) is 6.25. The summed E-state index contributed by atoms with van der Waals surface area (Å²) >= 11 is 0. The van der Waals surface area contributed by atoms with Crippen molar-refractivity contribution in [2.45, 2.75) is 0 Å². The lowest BCUT2D eigenvalue weighted by Crippen LogP contribution is -2.26. The van der Waals surface area contributed by atoms with E-state index >= 15 is 0 Å². The zero-order chi connectivity index (χ0) is 17.6. The Bertz CT molecular complexity index is 744. The molecule has 0 saturated carbocycles. The molecule has 0 aliphatic carbocycles. The van der Waals surface area contributed by atoms with Crippen molar-refractivity contribution in [3.05, 3.63) is 46.5 Å². The number of allylic oxidation sites excluding steroid dienone is 3. The second-order valence-electron chi connectivity index (χ2n) is 4.28. The Labute approximate surface area is 133 Å². The maximum absolute atomic E-state index is 11.7. The van der Waals surface area contributed by atoms with Crippen LogP contribution >= 0.6 is 0 Å². The average Bonchev–Trinajstić information content (AvgIpc) is 2.56. The Hall–Kier alpha value is -3.52. The van der Waals surface area contributed by atoms with Gasteiger partial charge in [-0.05, 0) is 12.2 Å². The third-order valence-electron chi connectivity index (χ3n) is 2.97. The molecule has 8 heteroatoms. The SMILES string of the molecule is COC(=O)C1=CN(C)/C(=C/C=C(\C#N)C(=O)OC)C(C#N)=C1N. The first kappa shape index (κ1) is 17.5. The van der Waals surface area contributed by atoms with E-state index in [-0.39, 0.29) is 22.4 Å². The highest BCUT2D eigenvalue weighted by Crippen LogP contribution is 2.26. The van der Waals surface area contributed by atoms with E-state index in [1.165, 1.54) is 30.4 Å². The van der Waals surface area contributed by atoms with Crippen molar-refractivity contribution in [3.63, 3.8) is 0 Å². The number of carbonyl (C=O) groups excluding carboxylic acids is 2. The van der Waals surface area contributed by atoms with E-state index in [0.29, 0.717) is 5.70 Å². The Kier molecular flexibility index (Phi) is 5.70. The van der Waals surface area contributed by atoms with Crippen LogP contribution in [-0.4, -0.2) is 38.1 Å². The molecule has 1 aliphatic heterocycles. The number of methoxy groups -OCH3 is 2. The third kappa shape index (κ3) is 3.57. The molecule has 1 rings (SSSR count). The first-order chi connectivity index (χ1) is 10.9. The van der Waals surface area contributed by atoms with Gasteiger partial charge in [-0.3, -0.25) is 0 Å². The second-order valence-corrected chi connectivity index (χ2v) is 4.28. The number of hydrogen-bond donors (Lipinski definition) is 1. The summed E-state index contributed by atoms with van der Waals surface area (Å²) in [6.07, 6.45) is 3.97. The molecule has 0 atom stereocenters. The van der Waals surface area contributed by atoms with Crippen LogP contribution in [0, 0.1) is 22.7 Å². The molecule has 0 aromatic carbocycles. The highest BCUT2D eigenvalue weighted by atomic mass is 16.5. The van der Waals surface area contributed by atoms with Crippen molar-refractivity contribution >= 4 is 11.9 Å². The van der Waals surface area contributed by atoms with Gasteiger partial charge in [-0.1, -0.05) is 0 Å². The number of nitrogens with zero attached hydrogens (tertiary/aromatic N) is 3. The Morgan fingerprint density at radius 2 is 1.96 bits per heavy atom. The van der Waals surface area contributed by atoms with Crippen molar-refractivity contribution in [2.75, 3.05) is 21.3 Å². The lowest BCUT2D eigenvalue weighted by molar-refractivity contribution is -0.136. The van der Waals surface area contributed by atoms with Crippen LogP contribution in [0.3, 0.4) is 0 Å². The van der Waals surface area contributed by atoms with Crippen LogP contribution in [0.25, 0.3) is 0 Å². The highest BCUT2D eigenvalue weighted by molar-refractivity contribution is 5.95. The van der Waals surface area contributed by atoms with Gasteiger partial charge in [-0.25, -0.2) is 9.59 Å². The van der Waals surface area contributed by atoms with E-state index in [1.807, 2.05) is 6.07 Å². The molecule has 1 heterocycles. The van der Waals surface area contributed by atoms with Gasteiger partial charge in [0.2, 0.25) is 0 Å². The summed E-state index contributed by atoms with van der Waals surface area (Å²) in [6.45, 7) is 0. The molecule has 0 amide bonds. The maximum atomic E-state index is 11.7. The summed E-state index contributed by atoms with van der Waals surface area (Å²) in [4.78, 5) is 24.5. The van der Waals surface area contributed by atoms with Gasteiger partial charge in [0.05, 0.1) is 31.2 Å². The molecule has 0 fully saturated rings. The predicted octanol–water partition coefficient (Wildman–Crippen LogP) is 0.232. The molecule has 0 saturated heterocycles. The average molecular weight is 314 g/mol. The van der Waals surface area contributed by atoms with Crippen LogP contribution < -0.4 is 5.73 Å². The molecule has 0 aromatic rings. The fourth-order valence-electron chi connectivity index (χ4n) is 1.80. The summed E-state index contributed by atoms with van der Waals surface area (Å²) in [5.41, 5.74) is 5.92. The van der Waals surface area contributed by atoms with Gasteiger partial charge in [0.15, 0.2) is 0 Å². The Morgan fingerprint density at radius 3 is 2.43 bits per heavy atom. The molecule has 0 spiro atoms. The van der Waals surface area contributed by atoms with Crippen LogP contribution in [0.4, 0.5) is 0 Å². The van der Waals surface area contributed by atoms with Gasteiger partial charge >= 0.3 is 11.9 Å². The van der Waals surface area contributed by atoms with Crippen LogP contribution in [0.1, 0.15) is 0 Å². The summed E-state index contributed by atoms with van der Waals surface area (Å²) in [5, 5.41) is 18.2. The molecule has 118 valence electrons. The molecule has 23 heavy (non-hydrogen) atoms. The fraction of sp³-hybridized carbons (Fsp3) is 0.200. The smallest absolute Gasteiger partial charge is 0.348 e. The normalized spacial score (nSPS) is 16.4. The number of carbonyl (C=O) groups is 2. The van der Waals surface area contributed by atoms with Gasteiger partial charge in [0.1, 0.15) is 23.3 Å². The fourth-order valence-corrected chi connectivity index (χ4v) is 1.80. The predicted molar refractivity (Wildman–Crippen MR) is 78.5 cm³/mol. The van der Waals surface area contributed by atoms with Gasteiger partial charge < -0.3 is 20.1 Å². The second kappa shape index (κ2) is 7.48. The summed E-state index contributed by atoms with van der Waals surface area (Å²) in [5.74, 6) is -1.48. The number of rotatable bonds is 3. The number of nitrogens with two attached hydrogens (primary N) is 1. The molecule has 0 bridgehead atoms. The zero-order valence-corrected chi connectivity index (χ0v) is 12.8. The summed E-state index contributed by atoms with van der Waals surface area (Å²) in [7, 11) is 3.93.